The number of nitro groups is 1. The summed E-state index contributed by atoms with van der Waals surface area (Å²) in [5.74, 6) is -0.946. The van der Waals surface area contributed by atoms with Crippen LogP contribution in [0.4, 0.5) is 24.5 Å². The molecule has 0 amide bonds. The summed E-state index contributed by atoms with van der Waals surface area (Å²) in [5, 5.41) is 13.5. The summed E-state index contributed by atoms with van der Waals surface area (Å²) in [6, 6.07) is 1.15. The number of alkyl halides is 3. The quantitative estimate of drug-likeness (QED) is 0.512. The standard InChI is InChI=1S/C13H15F3N2O4/c1-7(2)11(12(19)22-3)17-9-5-4-8(13(14,15)16)6-10(9)18(20)21/h4-7,11,17H,1-3H3/t11-/m0/s1. The van der Waals surface area contributed by atoms with Crippen LogP contribution in [0.3, 0.4) is 0 Å². The number of nitro benzene ring substituents is 1. The minimum absolute atomic E-state index is 0.179. The summed E-state index contributed by atoms with van der Waals surface area (Å²) in [5.41, 5.74) is -2.07. The molecule has 0 bridgehead atoms. The molecule has 1 aromatic rings. The number of hydrogen-bond donors (Lipinski definition) is 1. The Morgan fingerprint density at radius 3 is 2.36 bits per heavy atom. The van der Waals surface area contributed by atoms with E-state index in [1.165, 1.54) is 0 Å². The van der Waals surface area contributed by atoms with Gasteiger partial charge in [-0.05, 0) is 18.1 Å². The van der Waals surface area contributed by atoms with Gasteiger partial charge in [0.1, 0.15) is 11.7 Å². The Kier molecular flexibility index (Phi) is 5.34. The SMILES string of the molecule is COC(=O)[C@@H](Nc1ccc(C(F)(F)F)cc1[N+](=O)[O-])C(C)C. The van der Waals surface area contributed by atoms with Gasteiger partial charge in [-0.2, -0.15) is 13.2 Å². The number of carbonyl (C=O) groups excluding carboxylic acids is 1. The minimum Gasteiger partial charge on any atom is -0.467 e. The second-order valence-corrected chi connectivity index (χ2v) is 4.88. The van der Waals surface area contributed by atoms with Gasteiger partial charge >= 0.3 is 12.1 Å². The van der Waals surface area contributed by atoms with E-state index >= 15 is 0 Å². The average molecular weight is 320 g/mol. The summed E-state index contributed by atoms with van der Waals surface area (Å²) in [4.78, 5) is 21.7. The molecule has 0 aliphatic rings. The Balaban J connectivity index is 3.24. The molecule has 0 unspecified atom stereocenters. The van der Waals surface area contributed by atoms with Crippen molar-refractivity contribution >= 4 is 17.3 Å². The van der Waals surface area contributed by atoms with Crippen molar-refractivity contribution in [3.8, 4) is 0 Å². The highest BCUT2D eigenvalue weighted by Crippen LogP contribution is 2.35. The van der Waals surface area contributed by atoms with Crippen LogP contribution in [-0.4, -0.2) is 24.0 Å². The molecule has 0 fully saturated rings. The number of hydrogen-bond acceptors (Lipinski definition) is 5. The van der Waals surface area contributed by atoms with Crippen LogP contribution in [-0.2, 0) is 15.7 Å². The molecule has 1 rings (SSSR count). The average Bonchev–Trinajstić information content (AvgIpc) is 2.42. The normalized spacial score (nSPS) is 12.9. The number of rotatable bonds is 5. The van der Waals surface area contributed by atoms with Gasteiger partial charge in [0.2, 0.25) is 0 Å². The third-order valence-corrected chi connectivity index (χ3v) is 2.95. The summed E-state index contributed by atoms with van der Waals surface area (Å²) in [6.45, 7) is 3.34. The number of ether oxygens (including phenoxy) is 1. The number of halogens is 3. The number of benzene rings is 1. The van der Waals surface area contributed by atoms with Gasteiger partial charge in [-0.1, -0.05) is 13.8 Å². The van der Waals surface area contributed by atoms with E-state index in [1.54, 1.807) is 13.8 Å². The number of nitrogens with zero attached hydrogens (tertiary/aromatic N) is 1. The van der Waals surface area contributed by atoms with E-state index in [0.29, 0.717) is 12.1 Å². The van der Waals surface area contributed by atoms with E-state index in [4.69, 9.17) is 0 Å². The van der Waals surface area contributed by atoms with Crippen LogP contribution in [0.2, 0.25) is 0 Å². The Labute approximate surface area is 124 Å². The predicted octanol–water partition coefficient (Wildman–Crippen LogP) is 3.22. The summed E-state index contributed by atoms with van der Waals surface area (Å²) < 4.78 is 42.4. The maximum Gasteiger partial charge on any atom is 0.416 e. The first-order chi connectivity index (χ1) is 10.1. The van der Waals surface area contributed by atoms with Crippen molar-refractivity contribution in [1.29, 1.82) is 0 Å². The predicted molar refractivity (Wildman–Crippen MR) is 72.4 cm³/mol. The van der Waals surface area contributed by atoms with Crippen LogP contribution in [0.25, 0.3) is 0 Å². The number of nitrogens with one attached hydrogen (secondary N) is 1. The van der Waals surface area contributed by atoms with Gasteiger partial charge in [0.05, 0.1) is 17.6 Å². The fourth-order valence-electron chi connectivity index (χ4n) is 1.77. The fraction of sp³-hybridized carbons (Fsp3) is 0.462. The first kappa shape index (κ1) is 17.7. The zero-order valence-corrected chi connectivity index (χ0v) is 12.1. The largest absolute Gasteiger partial charge is 0.467 e. The molecule has 0 aliphatic heterocycles. The molecule has 1 N–H and O–H groups in total. The van der Waals surface area contributed by atoms with Gasteiger partial charge in [-0.15, -0.1) is 0 Å². The van der Waals surface area contributed by atoms with Crippen LogP contribution in [0, 0.1) is 16.0 Å². The maximum absolute atomic E-state index is 12.6. The smallest absolute Gasteiger partial charge is 0.416 e. The molecule has 0 radical (unpaired) electrons. The van der Waals surface area contributed by atoms with Crippen molar-refractivity contribution < 1.29 is 27.6 Å². The molecule has 0 aromatic heterocycles. The van der Waals surface area contributed by atoms with Crippen LogP contribution < -0.4 is 5.32 Å². The van der Waals surface area contributed by atoms with Crippen molar-refractivity contribution in [3.63, 3.8) is 0 Å². The lowest BCUT2D eigenvalue weighted by Gasteiger charge is -2.21. The van der Waals surface area contributed by atoms with E-state index in [2.05, 4.69) is 10.1 Å². The second kappa shape index (κ2) is 6.63. The second-order valence-electron chi connectivity index (χ2n) is 4.88. The third kappa shape index (κ3) is 4.09. The zero-order valence-electron chi connectivity index (χ0n) is 12.1. The Bertz CT molecular complexity index is 573. The molecule has 122 valence electrons. The van der Waals surface area contributed by atoms with Crippen molar-refractivity contribution in [1.82, 2.24) is 0 Å². The molecule has 0 aliphatic carbocycles. The molecule has 1 aromatic carbocycles. The molecular formula is C13H15F3N2O4. The summed E-state index contributed by atoms with van der Waals surface area (Å²) in [6.07, 6.45) is -4.69. The van der Waals surface area contributed by atoms with E-state index in [0.717, 1.165) is 13.2 Å². The number of esters is 1. The van der Waals surface area contributed by atoms with Crippen LogP contribution in [0.5, 0.6) is 0 Å². The Hall–Kier alpha value is -2.32. The van der Waals surface area contributed by atoms with Gasteiger partial charge in [0.25, 0.3) is 5.69 Å². The van der Waals surface area contributed by atoms with Gasteiger partial charge in [0.15, 0.2) is 0 Å². The maximum atomic E-state index is 12.6. The van der Waals surface area contributed by atoms with Gasteiger partial charge in [0, 0.05) is 6.07 Å². The molecular weight excluding hydrogens is 305 g/mol. The zero-order chi connectivity index (χ0) is 17.1. The van der Waals surface area contributed by atoms with Crippen molar-refractivity contribution in [2.75, 3.05) is 12.4 Å². The third-order valence-electron chi connectivity index (χ3n) is 2.95. The van der Waals surface area contributed by atoms with E-state index < -0.39 is 34.4 Å². The molecule has 1 atom stereocenters. The highest BCUT2D eigenvalue weighted by Gasteiger charge is 2.34. The topological polar surface area (TPSA) is 81.5 Å². The summed E-state index contributed by atoms with van der Waals surface area (Å²) in [7, 11) is 1.15. The molecule has 9 heteroatoms. The first-order valence-electron chi connectivity index (χ1n) is 6.28. The van der Waals surface area contributed by atoms with E-state index in [9.17, 15) is 28.1 Å². The molecule has 0 saturated carbocycles. The monoisotopic (exact) mass is 320 g/mol. The number of methoxy groups -OCH3 is 1. The van der Waals surface area contributed by atoms with Crippen molar-refractivity contribution in [3.05, 3.63) is 33.9 Å². The highest BCUT2D eigenvalue weighted by molar-refractivity contribution is 5.81. The van der Waals surface area contributed by atoms with Crippen LogP contribution >= 0.6 is 0 Å². The highest BCUT2D eigenvalue weighted by atomic mass is 19.4. The molecule has 0 heterocycles. The van der Waals surface area contributed by atoms with Gasteiger partial charge < -0.3 is 10.1 Å². The lowest BCUT2D eigenvalue weighted by molar-refractivity contribution is -0.384. The van der Waals surface area contributed by atoms with E-state index in [1.807, 2.05) is 0 Å². The Morgan fingerprint density at radius 2 is 1.95 bits per heavy atom. The van der Waals surface area contributed by atoms with E-state index in [-0.39, 0.29) is 11.6 Å². The van der Waals surface area contributed by atoms with Crippen LogP contribution in [0.1, 0.15) is 19.4 Å². The Morgan fingerprint density at radius 1 is 1.36 bits per heavy atom. The summed E-state index contributed by atoms with van der Waals surface area (Å²) >= 11 is 0. The van der Waals surface area contributed by atoms with Gasteiger partial charge in [-0.3, -0.25) is 10.1 Å². The van der Waals surface area contributed by atoms with Crippen molar-refractivity contribution in [2.24, 2.45) is 5.92 Å². The van der Waals surface area contributed by atoms with Crippen LogP contribution in [0.15, 0.2) is 18.2 Å². The molecule has 22 heavy (non-hydrogen) atoms. The lowest BCUT2D eigenvalue weighted by atomic mass is 10.0. The fourth-order valence-corrected chi connectivity index (χ4v) is 1.77. The first-order valence-corrected chi connectivity index (χ1v) is 6.28. The number of anilines is 1. The van der Waals surface area contributed by atoms with Gasteiger partial charge in [-0.25, -0.2) is 4.79 Å². The molecule has 0 saturated heterocycles. The molecule has 6 nitrogen and oxygen atoms in total. The van der Waals surface area contributed by atoms with Crippen molar-refractivity contribution in [2.45, 2.75) is 26.1 Å². The lowest BCUT2D eigenvalue weighted by Crippen LogP contribution is -2.35. The number of carbonyl (C=O) groups is 1. The minimum atomic E-state index is -4.69. The molecule has 0 spiro atoms.